The van der Waals surface area contributed by atoms with Crippen molar-refractivity contribution in [3.05, 3.63) is 54.6 Å². The van der Waals surface area contributed by atoms with Gasteiger partial charge in [0.05, 0.1) is 11.1 Å². The molecule has 0 radical (unpaired) electrons. The molecule has 134 valence electrons. The molecule has 9 heteroatoms. The average Bonchev–Trinajstić information content (AvgIpc) is 2.93. The zero-order valence-corrected chi connectivity index (χ0v) is 14.7. The van der Waals surface area contributed by atoms with E-state index in [0.717, 1.165) is 4.57 Å². The highest BCUT2D eigenvalue weighted by atomic mass is 16.6. The Kier molecular flexibility index (Phi) is 5.35. The maximum absolute atomic E-state index is 12.6. The minimum absolute atomic E-state index is 0.00209. The highest BCUT2D eigenvalue weighted by Gasteiger charge is 2.26. The second kappa shape index (κ2) is 7.29. The Morgan fingerprint density at radius 3 is 2.44 bits per heavy atom. The molecular formula is C16H21N5O4. The molecule has 2 aromatic rings. The van der Waals surface area contributed by atoms with Crippen LogP contribution in [0.15, 0.2) is 22.0 Å². The number of rotatable bonds is 6. The monoisotopic (exact) mass is 347 g/mol. The summed E-state index contributed by atoms with van der Waals surface area (Å²) in [5.74, 6) is 0.0747. The third-order valence-corrected chi connectivity index (χ3v) is 3.65. The van der Waals surface area contributed by atoms with Gasteiger partial charge < -0.3 is 0 Å². The first-order chi connectivity index (χ1) is 11.8. The fourth-order valence-electron chi connectivity index (χ4n) is 2.56. The van der Waals surface area contributed by atoms with Crippen molar-refractivity contribution in [3.63, 3.8) is 0 Å². The molecule has 0 aliphatic carbocycles. The largest absolute Gasteiger partial charge is 0.357 e. The molecular weight excluding hydrogens is 326 g/mol. The standard InChI is InChI=1S/C16H21N5O4/c1-5-19-15(22)14(21(24)25)13(20(16(19)23)9-11(2)3)7-6-12-8-17-18(4)10-12/h6-8,10-11H,5,9H2,1-4H3. The van der Waals surface area contributed by atoms with Crippen molar-refractivity contribution >= 4 is 17.8 Å². The van der Waals surface area contributed by atoms with Gasteiger partial charge in [-0.3, -0.25) is 28.7 Å². The predicted octanol–water partition coefficient (Wildman–Crippen LogP) is 1.50. The van der Waals surface area contributed by atoms with Crippen molar-refractivity contribution in [2.45, 2.75) is 33.9 Å². The molecule has 2 heterocycles. The number of hydrogen-bond acceptors (Lipinski definition) is 5. The molecule has 0 atom stereocenters. The summed E-state index contributed by atoms with van der Waals surface area (Å²) < 4.78 is 3.77. The molecule has 25 heavy (non-hydrogen) atoms. The molecule has 2 aromatic heterocycles. The zero-order chi connectivity index (χ0) is 18.7. The van der Waals surface area contributed by atoms with Crippen molar-refractivity contribution < 1.29 is 4.92 Å². The number of aromatic nitrogens is 4. The lowest BCUT2D eigenvalue weighted by Crippen LogP contribution is -2.42. The number of nitro groups is 1. The van der Waals surface area contributed by atoms with Crippen molar-refractivity contribution in [1.29, 1.82) is 0 Å². The summed E-state index contributed by atoms with van der Waals surface area (Å²) in [6.07, 6.45) is 6.34. The SMILES string of the molecule is CCn1c(=O)c([N+](=O)[O-])c(C=Cc2cnn(C)c2)n(CC(C)C)c1=O. The smallest absolute Gasteiger partial charge is 0.287 e. The van der Waals surface area contributed by atoms with Crippen LogP contribution in [0.2, 0.25) is 0 Å². The highest BCUT2D eigenvalue weighted by molar-refractivity contribution is 5.71. The second-order valence-corrected chi connectivity index (χ2v) is 6.11. The Morgan fingerprint density at radius 2 is 1.96 bits per heavy atom. The Balaban J connectivity index is 2.77. The molecule has 2 rings (SSSR count). The van der Waals surface area contributed by atoms with Gasteiger partial charge in [-0.1, -0.05) is 13.8 Å². The van der Waals surface area contributed by atoms with Gasteiger partial charge >= 0.3 is 16.9 Å². The highest BCUT2D eigenvalue weighted by Crippen LogP contribution is 2.17. The molecule has 0 saturated heterocycles. The van der Waals surface area contributed by atoms with Gasteiger partial charge in [-0.2, -0.15) is 5.10 Å². The molecule has 0 fully saturated rings. The van der Waals surface area contributed by atoms with Crippen LogP contribution >= 0.6 is 0 Å². The fourth-order valence-corrected chi connectivity index (χ4v) is 2.56. The summed E-state index contributed by atoms with van der Waals surface area (Å²) >= 11 is 0. The van der Waals surface area contributed by atoms with Crippen LogP contribution in [-0.4, -0.2) is 23.8 Å². The van der Waals surface area contributed by atoms with E-state index < -0.39 is 21.9 Å². The van der Waals surface area contributed by atoms with Crippen LogP contribution in [0.5, 0.6) is 0 Å². The number of nitrogens with zero attached hydrogens (tertiary/aromatic N) is 5. The fraction of sp³-hybridized carbons (Fsp3) is 0.438. The maximum Gasteiger partial charge on any atom is 0.357 e. The molecule has 0 aliphatic heterocycles. The van der Waals surface area contributed by atoms with Crippen molar-refractivity contribution in [2.24, 2.45) is 13.0 Å². The van der Waals surface area contributed by atoms with Gasteiger partial charge in [0.2, 0.25) is 0 Å². The molecule has 0 amide bonds. The lowest BCUT2D eigenvalue weighted by atomic mass is 10.2. The summed E-state index contributed by atoms with van der Waals surface area (Å²) in [4.78, 5) is 35.8. The Hall–Kier alpha value is -2.97. The predicted molar refractivity (Wildman–Crippen MR) is 94.3 cm³/mol. The summed E-state index contributed by atoms with van der Waals surface area (Å²) in [5.41, 5.74) is -1.31. The average molecular weight is 347 g/mol. The zero-order valence-electron chi connectivity index (χ0n) is 14.7. The van der Waals surface area contributed by atoms with Crippen LogP contribution in [-0.2, 0) is 20.1 Å². The Labute approximate surface area is 144 Å². The molecule has 9 nitrogen and oxygen atoms in total. The van der Waals surface area contributed by atoms with Crippen molar-refractivity contribution in [1.82, 2.24) is 18.9 Å². The van der Waals surface area contributed by atoms with Crippen LogP contribution in [0.25, 0.3) is 12.2 Å². The topological polar surface area (TPSA) is 105 Å². The lowest BCUT2D eigenvalue weighted by Gasteiger charge is -2.14. The number of hydrogen-bond donors (Lipinski definition) is 0. The van der Waals surface area contributed by atoms with Gasteiger partial charge in [0.15, 0.2) is 0 Å². The van der Waals surface area contributed by atoms with Gasteiger partial charge in [-0.25, -0.2) is 4.79 Å². The van der Waals surface area contributed by atoms with Gasteiger partial charge in [-0.15, -0.1) is 0 Å². The molecule has 0 N–H and O–H groups in total. The van der Waals surface area contributed by atoms with Crippen LogP contribution in [0.4, 0.5) is 5.69 Å². The van der Waals surface area contributed by atoms with E-state index in [0.29, 0.717) is 5.56 Å². The number of aryl methyl sites for hydroxylation is 1. The molecule has 0 unspecified atom stereocenters. The molecule has 0 saturated carbocycles. The normalized spacial score (nSPS) is 11.6. The molecule has 0 spiro atoms. The van der Waals surface area contributed by atoms with E-state index in [2.05, 4.69) is 5.10 Å². The quantitative estimate of drug-likeness (QED) is 0.581. The van der Waals surface area contributed by atoms with E-state index in [1.807, 2.05) is 13.8 Å². The van der Waals surface area contributed by atoms with Crippen LogP contribution < -0.4 is 11.2 Å². The lowest BCUT2D eigenvalue weighted by molar-refractivity contribution is -0.387. The third-order valence-electron chi connectivity index (χ3n) is 3.65. The summed E-state index contributed by atoms with van der Waals surface area (Å²) in [7, 11) is 1.75. The van der Waals surface area contributed by atoms with Gasteiger partial charge in [-0.05, 0) is 25.0 Å². The van der Waals surface area contributed by atoms with E-state index >= 15 is 0 Å². The third kappa shape index (κ3) is 3.76. The minimum atomic E-state index is -0.886. The van der Waals surface area contributed by atoms with E-state index in [9.17, 15) is 19.7 Å². The molecule has 0 bridgehead atoms. The van der Waals surface area contributed by atoms with Crippen LogP contribution in [0.1, 0.15) is 32.0 Å². The van der Waals surface area contributed by atoms with E-state index in [4.69, 9.17) is 0 Å². The first-order valence-corrected chi connectivity index (χ1v) is 7.95. The minimum Gasteiger partial charge on any atom is -0.287 e. The Morgan fingerprint density at radius 1 is 1.28 bits per heavy atom. The summed E-state index contributed by atoms with van der Waals surface area (Å²) in [6.45, 7) is 5.75. The van der Waals surface area contributed by atoms with Crippen molar-refractivity contribution in [3.8, 4) is 0 Å². The van der Waals surface area contributed by atoms with Gasteiger partial charge in [0, 0.05) is 31.9 Å². The van der Waals surface area contributed by atoms with Crippen LogP contribution in [0.3, 0.4) is 0 Å². The van der Waals surface area contributed by atoms with Crippen molar-refractivity contribution in [2.75, 3.05) is 0 Å². The van der Waals surface area contributed by atoms with E-state index in [1.54, 1.807) is 37.1 Å². The first-order valence-electron chi connectivity index (χ1n) is 7.95. The van der Waals surface area contributed by atoms with E-state index in [1.165, 1.54) is 10.6 Å². The van der Waals surface area contributed by atoms with Gasteiger partial charge in [0.1, 0.15) is 5.69 Å². The first kappa shape index (κ1) is 18.4. The molecule has 0 aliphatic rings. The Bertz CT molecular complexity index is 933. The molecule has 0 aromatic carbocycles. The maximum atomic E-state index is 12.6. The summed E-state index contributed by atoms with van der Waals surface area (Å²) in [6, 6.07) is 0. The van der Waals surface area contributed by atoms with E-state index in [-0.39, 0.29) is 24.7 Å². The second-order valence-electron chi connectivity index (χ2n) is 6.11. The summed E-state index contributed by atoms with van der Waals surface area (Å²) in [5, 5.41) is 15.5. The van der Waals surface area contributed by atoms with Gasteiger partial charge in [0.25, 0.3) is 0 Å². The van der Waals surface area contributed by atoms with Crippen LogP contribution in [0, 0.1) is 16.0 Å².